The number of hydrogen-bond acceptors (Lipinski definition) is 4. The van der Waals surface area contributed by atoms with Crippen LogP contribution in [0.5, 0.6) is 0 Å². The molecular weight excluding hydrogens is 248 g/mol. The summed E-state index contributed by atoms with van der Waals surface area (Å²) in [6, 6.07) is 0.147. The molecule has 19 heavy (non-hydrogen) atoms. The minimum Gasteiger partial charge on any atom is -0.409 e. The summed E-state index contributed by atoms with van der Waals surface area (Å²) >= 11 is 0. The van der Waals surface area contributed by atoms with Gasteiger partial charge in [0.2, 0.25) is 11.8 Å². The second-order valence-electron chi connectivity index (χ2n) is 5.60. The van der Waals surface area contributed by atoms with Crippen molar-refractivity contribution < 1.29 is 14.8 Å². The summed E-state index contributed by atoms with van der Waals surface area (Å²) in [6.45, 7) is 1.72. The molecule has 2 saturated heterocycles. The van der Waals surface area contributed by atoms with Crippen LogP contribution in [0, 0.1) is 5.41 Å². The SMILES string of the molecule is NC(=NO)C1(C(=O)N2CCN3C(=O)CCC3C2)CC1. The molecule has 2 amide bonds. The number of oxime groups is 1. The molecule has 1 atom stereocenters. The molecule has 3 N–H and O–H groups in total. The smallest absolute Gasteiger partial charge is 0.236 e. The standard InChI is InChI=1S/C12H18N4O3/c13-10(14-19)12(3-4-12)11(18)15-5-6-16-8(7-15)1-2-9(16)17/h8,19H,1-7H2,(H2,13,14). The van der Waals surface area contributed by atoms with Crippen LogP contribution in [0.4, 0.5) is 0 Å². The first-order valence-corrected chi connectivity index (χ1v) is 6.65. The molecule has 104 valence electrons. The van der Waals surface area contributed by atoms with Crippen LogP contribution in [0.2, 0.25) is 0 Å². The molecule has 2 aliphatic heterocycles. The second kappa shape index (κ2) is 4.11. The van der Waals surface area contributed by atoms with Gasteiger partial charge in [-0.3, -0.25) is 9.59 Å². The molecule has 3 fully saturated rings. The Morgan fingerprint density at radius 3 is 2.79 bits per heavy atom. The van der Waals surface area contributed by atoms with Crippen LogP contribution in [0.3, 0.4) is 0 Å². The zero-order chi connectivity index (χ0) is 13.6. The van der Waals surface area contributed by atoms with E-state index >= 15 is 0 Å². The minimum atomic E-state index is -0.778. The molecular formula is C12H18N4O3. The molecule has 0 aromatic rings. The molecule has 1 aliphatic carbocycles. The van der Waals surface area contributed by atoms with E-state index in [1.165, 1.54) is 0 Å². The lowest BCUT2D eigenvalue weighted by molar-refractivity contribution is -0.141. The van der Waals surface area contributed by atoms with Crippen LogP contribution in [-0.2, 0) is 9.59 Å². The van der Waals surface area contributed by atoms with E-state index in [0.717, 1.165) is 6.42 Å². The van der Waals surface area contributed by atoms with Crippen molar-refractivity contribution >= 4 is 17.6 Å². The number of nitrogens with zero attached hydrogens (tertiary/aromatic N) is 3. The van der Waals surface area contributed by atoms with E-state index in [2.05, 4.69) is 5.16 Å². The average Bonchev–Trinajstić information content (AvgIpc) is 3.17. The van der Waals surface area contributed by atoms with Crippen LogP contribution < -0.4 is 5.73 Å². The van der Waals surface area contributed by atoms with Gasteiger partial charge in [-0.1, -0.05) is 5.16 Å². The van der Waals surface area contributed by atoms with Crippen molar-refractivity contribution in [2.75, 3.05) is 19.6 Å². The van der Waals surface area contributed by atoms with Crippen molar-refractivity contribution in [1.82, 2.24) is 9.80 Å². The largest absolute Gasteiger partial charge is 0.409 e. The molecule has 7 heteroatoms. The van der Waals surface area contributed by atoms with Crippen molar-refractivity contribution in [1.29, 1.82) is 0 Å². The van der Waals surface area contributed by atoms with Crippen molar-refractivity contribution in [2.45, 2.75) is 31.7 Å². The third-order valence-corrected chi connectivity index (χ3v) is 4.54. The summed E-state index contributed by atoms with van der Waals surface area (Å²) < 4.78 is 0. The maximum Gasteiger partial charge on any atom is 0.236 e. The highest BCUT2D eigenvalue weighted by atomic mass is 16.4. The third-order valence-electron chi connectivity index (χ3n) is 4.54. The van der Waals surface area contributed by atoms with Gasteiger partial charge in [-0.15, -0.1) is 0 Å². The van der Waals surface area contributed by atoms with Crippen molar-refractivity contribution in [3.63, 3.8) is 0 Å². The molecule has 2 heterocycles. The van der Waals surface area contributed by atoms with Gasteiger partial charge in [-0.05, 0) is 19.3 Å². The first-order valence-electron chi connectivity index (χ1n) is 6.65. The zero-order valence-electron chi connectivity index (χ0n) is 10.7. The highest BCUT2D eigenvalue weighted by Gasteiger charge is 2.56. The number of fused-ring (bicyclic) bond motifs is 1. The van der Waals surface area contributed by atoms with Gasteiger partial charge < -0.3 is 20.7 Å². The number of carbonyl (C=O) groups is 2. The number of rotatable bonds is 2. The molecule has 0 aromatic heterocycles. The molecule has 1 unspecified atom stereocenters. The summed E-state index contributed by atoms with van der Waals surface area (Å²) in [6.07, 6.45) is 2.69. The number of hydrogen-bond donors (Lipinski definition) is 2. The van der Waals surface area contributed by atoms with Gasteiger partial charge >= 0.3 is 0 Å². The third kappa shape index (κ3) is 1.75. The number of piperazine rings is 1. The fraction of sp³-hybridized carbons (Fsp3) is 0.750. The zero-order valence-corrected chi connectivity index (χ0v) is 10.7. The molecule has 0 spiro atoms. The number of nitrogens with two attached hydrogens (primary N) is 1. The average molecular weight is 266 g/mol. The Morgan fingerprint density at radius 2 is 2.16 bits per heavy atom. The van der Waals surface area contributed by atoms with Crippen molar-refractivity contribution in [3.8, 4) is 0 Å². The van der Waals surface area contributed by atoms with Crippen molar-refractivity contribution in [3.05, 3.63) is 0 Å². The van der Waals surface area contributed by atoms with Gasteiger partial charge in [0.15, 0.2) is 5.84 Å². The van der Waals surface area contributed by atoms with Crippen LogP contribution in [0.25, 0.3) is 0 Å². The highest BCUT2D eigenvalue weighted by Crippen LogP contribution is 2.47. The lowest BCUT2D eigenvalue weighted by Crippen LogP contribution is -2.56. The Kier molecular flexibility index (Phi) is 2.65. The maximum absolute atomic E-state index is 12.5. The lowest BCUT2D eigenvalue weighted by atomic mass is 10.0. The topological polar surface area (TPSA) is 99.2 Å². The van der Waals surface area contributed by atoms with Gasteiger partial charge in [-0.2, -0.15) is 0 Å². The quantitative estimate of drug-likeness (QED) is 0.300. The van der Waals surface area contributed by atoms with E-state index in [9.17, 15) is 9.59 Å². The molecule has 0 aromatic carbocycles. The van der Waals surface area contributed by atoms with E-state index in [4.69, 9.17) is 10.9 Å². The van der Waals surface area contributed by atoms with Gasteiger partial charge in [0.25, 0.3) is 0 Å². The maximum atomic E-state index is 12.5. The van der Waals surface area contributed by atoms with E-state index in [-0.39, 0.29) is 23.7 Å². The molecule has 0 bridgehead atoms. The Morgan fingerprint density at radius 1 is 1.42 bits per heavy atom. The van der Waals surface area contributed by atoms with Crippen LogP contribution in [0.1, 0.15) is 25.7 Å². The minimum absolute atomic E-state index is 0.0161. The Labute approximate surface area is 111 Å². The Bertz CT molecular complexity index is 458. The normalized spacial score (nSPS) is 29.4. The monoisotopic (exact) mass is 266 g/mol. The molecule has 3 aliphatic rings. The number of amides is 2. The number of carbonyl (C=O) groups excluding carboxylic acids is 2. The van der Waals surface area contributed by atoms with E-state index < -0.39 is 5.41 Å². The predicted octanol–water partition coefficient (Wildman–Crippen LogP) is -0.654. The summed E-state index contributed by atoms with van der Waals surface area (Å²) in [7, 11) is 0. The molecule has 0 radical (unpaired) electrons. The van der Waals surface area contributed by atoms with E-state index in [1.54, 1.807) is 4.90 Å². The fourth-order valence-corrected chi connectivity index (χ4v) is 3.15. The first-order chi connectivity index (χ1) is 9.08. The summed E-state index contributed by atoms with van der Waals surface area (Å²) in [5.74, 6) is 0.152. The first kappa shape index (κ1) is 12.3. The molecule has 1 saturated carbocycles. The van der Waals surface area contributed by atoms with E-state index in [1.807, 2.05) is 4.90 Å². The van der Waals surface area contributed by atoms with Crippen LogP contribution in [0.15, 0.2) is 5.16 Å². The summed E-state index contributed by atoms with van der Waals surface area (Å²) in [5.41, 5.74) is 4.86. The predicted molar refractivity (Wildman–Crippen MR) is 66.4 cm³/mol. The fourth-order valence-electron chi connectivity index (χ4n) is 3.15. The Hall–Kier alpha value is -1.79. The van der Waals surface area contributed by atoms with Crippen LogP contribution >= 0.6 is 0 Å². The Balaban J connectivity index is 1.71. The molecule has 3 rings (SSSR count). The number of amidine groups is 1. The second-order valence-corrected chi connectivity index (χ2v) is 5.60. The molecule has 7 nitrogen and oxygen atoms in total. The van der Waals surface area contributed by atoms with E-state index in [0.29, 0.717) is 38.9 Å². The lowest BCUT2D eigenvalue weighted by Gasteiger charge is -2.38. The van der Waals surface area contributed by atoms with Gasteiger partial charge in [0.1, 0.15) is 5.41 Å². The summed E-state index contributed by atoms with van der Waals surface area (Å²) in [5, 5.41) is 11.8. The van der Waals surface area contributed by atoms with Gasteiger partial charge in [0, 0.05) is 32.1 Å². The summed E-state index contributed by atoms with van der Waals surface area (Å²) in [4.78, 5) is 27.7. The van der Waals surface area contributed by atoms with Gasteiger partial charge in [-0.25, -0.2) is 0 Å². The van der Waals surface area contributed by atoms with Gasteiger partial charge in [0.05, 0.1) is 0 Å². The van der Waals surface area contributed by atoms with Crippen LogP contribution in [-0.4, -0.2) is 58.3 Å². The van der Waals surface area contributed by atoms with Crippen molar-refractivity contribution in [2.24, 2.45) is 16.3 Å². The highest BCUT2D eigenvalue weighted by molar-refractivity contribution is 6.09.